The first kappa shape index (κ1) is 18.3. The zero-order chi connectivity index (χ0) is 18.5. The third-order valence-corrected chi connectivity index (χ3v) is 4.93. The highest BCUT2D eigenvalue weighted by Gasteiger charge is 2.23. The molecule has 6 heteroatoms. The topological polar surface area (TPSA) is 52.7 Å². The summed E-state index contributed by atoms with van der Waals surface area (Å²) in [4.78, 5) is 28.5. The van der Waals surface area contributed by atoms with Crippen molar-refractivity contribution in [1.29, 1.82) is 0 Å². The predicted octanol–water partition coefficient (Wildman–Crippen LogP) is 3.33. The van der Waals surface area contributed by atoms with Crippen molar-refractivity contribution >= 4 is 34.8 Å². The molecule has 136 valence electrons. The lowest BCUT2D eigenvalue weighted by molar-refractivity contribution is -0.134. The number of carbonyl (C=O) groups is 2. The molecule has 0 unspecified atom stereocenters. The lowest BCUT2D eigenvalue weighted by Gasteiger charge is -2.36. The molecule has 0 radical (unpaired) electrons. The highest BCUT2D eigenvalue weighted by molar-refractivity contribution is 6.31. The van der Waals surface area contributed by atoms with Crippen LogP contribution < -0.4 is 10.2 Å². The number of hydrogen-bond acceptors (Lipinski definition) is 3. The molecule has 2 aromatic rings. The maximum absolute atomic E-state index is 12.4. The molecule has 0 aromatic heterocycles. The van der Waals surface area contributed by atoms with E-state index in [0.717, 1.165) is 24.3 Å². The molecule has 0 saturated carbocycles. The zero-order valence-electron chi connectivity index (χ0n) is 14.7. The molecule has 0 bridgehead atoms. The van der Waals surface area contributed by atoms with Crippen LogP contribution in [0, 0.1) is 6.92 Å². The summed E-state index contributed by atoms with van der Waals surface area (Å²) in [7, 11) is 0. The van der Waals surface area contributed by atoms with Gasteiger partial charge in [-0.2, -0.15) is 0 Å². The van der Waals surface area contributed by atoms with Crippen LogP contribution in [0.4, 0.5) is 11.4 Å². The SMILES string of the molecule is Cc1ccc(NC(=O)CC(=O)N2CCN(c3ccccc3)CC2)cc1Cl. The minimum absolute atomic E-state index is 0.145. The summed E-state index contributed by atoms with van der Waals surface area (Å²) in [5.74, 6) is -0.464. The van der Waals surface area contributed by atoms with Crippen LogP contribution in [0.1, 0.15) is 12.0 Å². The van der Waals surface area contributed by atoms with Gasteiger partial charge in [0.05, 0.1) is 0 Å². The van der Waals surface area contributed by atoms with Gasteiger partial charge < -0.3 is 15.1 Å². The Balaban J connectivity index is 1.49. The maximum Gasteiger partial charge on any atom is 0.233 e. The van der Waals surface area contributed by atoms with E-state index in [9.17, 15) is 9.59 Å². The smallest absolute Gasteiger partial charge is 0.233 e. The fourth-order valence-electron chi connectivity index (χ4n) is 2.98. The first-order valence-corrected chi connectivity index (χ1v) is 9.04. The predicted molar refractivity (Wildman–Crippen MR) is 105 cm³/mol. The van der Waals surface area contributed by atoms with Crippen LogP contribution in [0.15, 0.2) is 48.5 Å². The number of nitrogens with one attached hydrogen (secondary N) is 1. The summed E-state index contributed by atoms with van der Waals surface area (Å²) in [6.07, 6.45) is -0.156. The zero-order valence-corrected chi connectivity index (χ0v) is 15.5. The third kappa shape index (κ3) is 4.55. The monoisotopic (exact) mass is 371 g/mol. The second kappa shape index (κ2) is 8.23. The summed E-state index contributed by atoms with van der Waals surface area (Å²) in [6.45, 7) is 4.68. The summed E-state index contributed by atoms with van der Waals surface area (Å²) in [6, 6.07) is 15.4. The normalized spacial score (nSPS) is 14.2. The lowest BCUT2D eigenvalue weighted by Crippen LogP contribution is -2.49. The first-order chi connectivity index (χ1) is 12.5. The molecular formula is C20H22ClN3O2. The molecule has 1 saturated heterocycles. The van der Waals surface area contributed by atoms with Crippen molar-refractivity contribution in [3.63, 3.8) is 0 Å². The van der Waals surface area contributed by atoms with Gasteiger partial charge in [-0.3, -0.25) is 9.59 Å². The molecular weight excluding hydrogens is 350 g/mol. The molecule has 2 aromatic carbocycles. The van der Waals surface area contributed by atoms with Crippen molar-refractivity contribution in [2.45, 2.75) is 13.3 Å². The van der Waals surface area contributed by atoms with Crippen LogP contribution in [0.25, 0.3) is 0 Å². The Morgan fingerprint density at radius 2 is 1.73 bits per heavy atom. The molecule has 0 spiro atoms. The van der Waals surface area contributed by atoms with Crippen LogP contribution in [0.3, 0.4) is 0 Å². The maximum atomic E-state index is 12.4. The number of nitrogens with zero attached hydrogens (tertiary/aromatic N) is 2. The van der Waals surface area contributed by atoms with Gasteiger partial charge in [-0.25, -0.2) is 0 Å². The third-order valence-electron chi connectivity index (χ3n) is 4.52. The van der Waals surface area contributed by atoms with E-state index in [1.807, 2.05) is 31.2 Å². The quantitative estimate of drug-likeness (QED) is 0.839. The fourth-order valence-corrected chi connectivity index (χ4v) is 3.16. The molecule has 1 N–H and O–H groups in total. The number of piperazine rings is 1. The standard InChI is InChI=1S/C20H22ClN3O2/c1-15-7-8-16(13-18(15)21)22-19(25)14-20(26)24-11-9-23(10-12-24)17-5-3-2-4-6-17/h2-8,13H,9-12,14H2,1H3,(H,22,25). The summed E-state index contributed by atoms with van der Waals surface area (Å²) in [5, 5.41) is 3.32. The van der Waals surface area contributed by atoms with E-state index in [1.165, 1.54) is 0 Å². The summed E-state index contributed by atoms with van der Waals surface area (Å²) >= 11 is 6.06. The van der Waals surface area contributed by atoms with E-state index >= 15 is 0 Å². The molecule has 1 fully saturated rings. The molecule has 26 heavy (non-hydrogen) atoms. The Morgan fingerprint density at radius 1 is 1.04 bits per heavy atom. The fraction of sp³-hybridized carbons (Fsp3) is 0.300. The van der Waals surface area contributed by atoms with Crippen LogP contribution in [-0.4, -0.2) is 42.9 Å². The minimum atomic E-state index is -0.319. The molecule has 1 aliphatic heterocycles. The Hall–Kier alpha value is -2.53. The van der Waals surface area contributed by atoms with Gasteiger partial charge in [0, 0.05) is 42.6 Å². The van der Waals surface area contributed by atoms with Crippen molar-refractivity contribution in [3.05, 3.63) is 59.1 Å². The van der Waals surface area contributed by atoms with Gasteiger partial charge in [-0.05, 0) is 36.8 Å². The second-order valence-corrected chi connectivity index (χ2v) is 6.80. The number of carbonyl (C=O) groups excluding carboxylic acids is 2. The number of benzene rings is 2. The van der Waals surface area contributed by atoms with Gasteiger partial charge in [0.25, 0.3) is 0 Å². The van der Waals surface area contributed by atoms with Crippen molar-refractivity contribution < 1.29 is 9.59 Å². The number of amides is 2. The van der Waals surface area contributed by atoms with Crippen molar-refractivity contribution in [2.75, 3.05) is 36.4 Å². The van der Waals surface area contributed by atoms with E-state index in [4.69, 9.17) is 11.6 Å². The first-order valence-electron chi connectivity index (χ1n) is 8.67. The molecule has 0 aliphatic carbocycles. The number of anilines is 2. The van der Waals surface area contributed by atoms with Gasteiger partial charge in [0.15, 0.2) is 0 Å². The van der Waals surface area contributed by atoms with Gasteiger partial charge in [0.1, 0.15) is 6.42 Å². The van der Waals surface area contributed by atoms with Crippen molar-refractivity contribution in [3.8, 4) is 0 Å². The van der Waals surface area contributed by atoms with Crippen LogP contribution in [0.2, 0.25) is 5.02 Å². The summed E-state index contributed by atoms with van der Waals surface area (Å²) < 4.78 is 0. The minimum Gasteiger partial charge on any atom is -0.368 e. The highest BCUT2D eigenvalue weighted by Crippen LogP contribution is 2.20. The average Bonchev–Trinajstić information content (AvgIpc) is 2.65. The van der Waals surface area contributed by atoms with Gasteiger partial charge in [0.2, 0.25) is 11.8 Å². The van der Waals surface area contributed by atoms with Crippen molar-refractivity contribution in [2.24, 2.45) is 0 Å². The molecule has 0 atom stereocenters. The largest absolute Gasteiger partial charge is 0.368 e. The second-order valence-electron chi connectivity index (χ2n) is 6.39. The lowest BCUT2D eigenvalue weighted by atomic mass is 10.2. The Kier molecular flexibility index (Phi) is 5.78. The highest BCUT2D eigenvalue weighted by atomic mass is 35.5. The Morgan fingerprint density at radius 3 is 2.38 bits per heavy atom. The number of aryl methyl sites for hydroxylation is 1. The number of rotatable bonds is 4. The Labute approximate surface area is 158 Å². The Bertz CT molecular complexity index is 787. The van der Waals surface area contributed by atoms with E-state index in [1.54, 1.807) is 17.0 Å². The summed E-state index contributed by atoms with van der Waals surface area (Å²) in [5.41, 5.74) is 2.71. The molecule has 2 amide bonds. The van der Waals surface area contributed by atoms with Crippen LogP contribution >= 0.6 is 11.6 Å². The molecule has 1 aliphatic rings. The van der Waals surface area contributed by atoms with Crippen LogP contribution in [0.5, 0.6) is 0 Å². The molecule has 3 rings (SSSR count). The number of para-hydroxylation sites is 1. The molecule has 5 nitrogen and oxygen atoms in total. The number of hydrogen-bond donors (Lipinski definition) is 1. The van der Waals surface area contributed by atoms with Crippen LogP contribution in [-0.2, 0) is 9.59 Å². The van der Waals surface area contributed by atoms with Gasteiger partial charge in [-0.15, -0.1) is 0 Å². The van der Waals surface area contributed by atoms with E-state index in [2.05, 4.69) is 22.3 Å². The van der Waals surface area contributed by atoms with E-state index < -0.39 is 0 Å². The molecule has 1 heterocycles. The van der Waals surface area contributed by atoms with Crippen molar-refractivity contribution in [1.82, 2.24) is 4.90 Å². The van der Waals surface area contributed by atoms with E-state index in [-0.39, 0.29) is 18.2 Å². The van der Waals surface area contributed by atoms with Gasteiger partial charge >= 0.3 is 0 Å². The number of halogens is 1. The van der Waals surface area contributed by atoms with E-state index in [0.29, 0.717) is 23.8 Å². The van der Waals surface area contributed by atoms with Gasteiger partial charge in [-0.1, -0.05) is 35.9 Å². The average molecular weight is 372 g/mol.